The summed E-state index contributed by atoms with van der Waals surface area (Å²) in [4.78, 5) is 4.18. The van der Waals surface area contributed by atoms with Crippen LogP contribution in [0, 0.1) is 0 Å². The maximum absolute atomic E-state index is 5.75. The molecular weight excluding hydrogens is 172 g/mol. The maximum atomic E-state index is 5.75. The molecule has 0 radical (unpaired) electrons. The molecule has 0 saturated heterocycles. The third-order valence-electron chi connectivity index (χ3n) is 1.81. The Morgan fingerprint density at radius 1 is 1.58 bits per heavy atom. The van der Waals surface area contributed by atoms with Gasteiger partial charge in [0, 0.05) is 6.54 Å². The fraction of sp³-hybridized carbons (Fsp3) is 0.286. The Morgan fingerprint density at radius 2 is 2.33 bits per heavy atom. The Labute approximate surface area is 73.8 Å². The van der Waals surface area contributed by atoms with Gasteiger partial charge in [0.05, 0.1) is 4.70 Å². The van der Waals surface area contributed by atoms with E-state index in [1.807, 2.05) is 17.6 Å². The number of fused-ring (bicyclic) bond motifs is 1. The molecule has 0 bridgehead atoms. The van der Waals surface area contributed by atoms with E-state index in [0.717, 1.165) is 22.7 Å². The van der Waals surface area contributed by atoms with Crippen LogP contribution in [0.3, 0.4) is 0 Å². The molecule has 4 N–H and O–H groups in total. The van der Waals surface area contributed by atoms with Crippen LogP contribution in [0.5, 0.6) is 0 Å². The summed E-state index contributed by atoms with van der Waals surface area (Å²) in [5, 5.41) is 0.599. The Morgan fingerprint density at radius 3 is 3.00 bits per heavy atom. The number of hydrogen-bond acceptors (Lipinski definition) is 4. The van der Waals surface area contributed by atoms with Crippen LogP contribution in [-0.4, -0.2) is 9.55 Å². The Kier molecular flexibility index (Phi) is 1.47. The van der Waals surface area contributed by atoms with Crippen LogP contribution in [0.1, 0.15) is 6.92 Å². The van der Waals surface area contributed by atoms with Gasteiger partial charge in [-0.1, -0.05) is 11.3 Å². The summed E-state index contributed by atoms with van der Waals surface area (Å²) < 4.78 is 3.01. The zero-order valence-corrected chi connectivity index (χ0v) is 7.56. The molecule has 2 aromatic heterocycles. The van der Waals surface area contributed by atoms with Crippen LogP contribution in [0.15, 0.2) is 6.07 Å². The quantitative estimate of drug-likeness (QED) is 0.698. The first kappa shape index (κ1) is 7.42. The Balaban J connectivity index is 2.78. The van der Waals surface area contributed by atoms with Gasteiger partial charge in [-0.25, -0.2) is 4.98 Å². The minimum absolute atomic E-state index is 0.599. The lowest BCUT2D eigenvalue weighted by Crippen LogP contribution is -2.00. The summed E-state index contributed by atoms with van der Waals surface area (Å²) in [5.41, 5.74) is 12.2. The number of nitrogen functional groups attached to an aromatic ring is 2. The largest absolute Gasteiger partial charge is 0.385 e. The lowest BCUT2D eigenvalue weighted by atomic mass is 10.6. The average Bonchev–Trinajstić information content (AvgIpc) is 2.43. The fourth-order valence-corrected chi connectivity index (χ4v) is 2.08. The van der Waals surface area contributed by atoms with Crippen molar-refractivity contribution in [3.8, 4) is 0 Å². The molecule has 2 heterocycles. The van der Waals surface area contributed by atoms with Gasteiger partial charge in [0.1, 0.15) is 5.82 Å². The number of hydrogen-bond donors (Lipinski definition) is 2. The van der Waals surface area contributed by atoms with Gasteiger partial charge < -0.3 is 16.0 Å². The molecule has 0 aliphatic rings. The second kappa shape index (κ2) is 2.38. The molecule has 2 aromatic rings. The molecule has 2 rings (SSSR count). The van der Waals surface area contributed by atoms with Gasteiger partial charge in [-0.3, -0.25) is 0 Å². The van der Waals surface area contributed by atoms with Crippen molar-refractivity contribution >= 4 is 32.6 Å². The van der Waals surface area contributed by atoms with Crippen molar-refractivity contribution in [2.45, 2.75) is 13.5 Å². The fourth-order valence-electron chi connectivity index (χ4n) is 1.29. The normalized spacial score (nSPS) is 11.1. The van der Waals surface area contributed by atoms with Gasteiger partial charge in [0.25, 0.3) is 0 Å². The van der Waals surface area contributed by atoms with Crippen LogP contribution in [0.2, 0.25) is 0 Å². The molecule has 0 amide bonds. The third-order valence-corrected chi connectivity index (χ3v) is 2.63. The summed E-state index contributed by atoms with van der Waals surface area (Å²) in [6.45, 7) is 2.86. The van der Waals surface area contributed by atoms with Gasteiger partial charge in [-0.05, 0) is 13.0 Å². The van der Waals surface area contributed by atoms with E-state index in [1.165, 1.54) is 11.3 Å². The standard InChI is InChI=1S/C7H10N4S/c1-2-11-5(8)3-4-6(11)10-7(9)12-4/h3H,2,8H2,1H3,(H2,9,10). The number of nitrogens with two attached hydrogens (primary N) is 2. The van der Waals surface area contributed by atoms with E-state index in [9.17, 15) is 0 Å². The first-order chi connectivity index (χ1) is 5.72. The molecule has 0 unspecified atom stereocenters. The number of aryl methyl sites for hydroxylation is 1. The van der Waals surface area contributed by atoms with Gasteiger partial charge in [-0.2, -0.15) is 0 Å². The minimum Gasteiger partial charge on any atom is -0.385 e. The van der Waals surface area contributed by atoms with Crippen molar-refractivity contribution in [3.63, 3.8) is 0 Å². The van der Waals surface area contributed by atoms with E-state index in [-0.39, 0.29) is 0 Å². The highest BCUT2D eigenvalue weighted by Gasteiger charge is 2.08. The second-order valence-electron chi connectivity index (χ2n) is 2.55. The Hall–Kier alpha value is -1.23. The SMILES string of the molecule is CCn1c(N)cc2sc(N)nc21. The highest BCUT2D eigenvalue weighted by Crippen LogP contribution is 2.28. The lowest BCUT2D eigenvalue weighted by Gasteiger charge is -1.99. The van der Waals surface area contributed by atoms with Gasteiger partial charge in [-0.15, -0.1) is 0 Å². The van der Waals surface area contributed by atoms with Crippen molar-refractivity contribution in [2.75, 3.05) is 11.5 Å². The van der Waals surface area contributed by atoms with E-state index in [1.54, 1.807) is 0 Å². The van der Waals surface area contributed by atoms with Crippen molar-refractivity contribution in [2.24, 2.45) is 0 Å². The van der Waals surface area contributed by atoms with Crippen LogP contribution in [-0.2, 0) is 6.54 Å². The summed E-state index contributed by atoms with van der Waals surface area (Å²) in [6.07, 6.45) is 0. The number of thiazole rings is 1. The molecule has 0 fully saturated rings. The van der Waals surface area contributed by atoms with Crippen LogP contribution in [0.25, 0.3) is 10.3 Å². The van der Waals surface area contributed by atoms with E-state index >= 15 is 0 Å². The van der Waals surface area contributed by atoms with E-state index in [0.29, 0.717) is 5.13 Å². The summed E-state index contributed by atoms with van der Waals surface area (Å²) in [5.74, 6) is 0.756. The lowest BCUT2D eigenvalue weighted by molar-refractivity contribution is 0.800. The number of nitrogens with zero attached hydrogens (tertiary/aromatic N) is 2. The summed E-state index contributed by atoms with van der Waals surface area (Å²) in [6, 6.07) is 1.91. The molecule has 0 aliphatic carbocycles. The number of rotatable bonds is 1. The molecule has 0 atom stereocenters. The molecule has 0 aliphatic heterocycles. The molecule has 0 spiro atoms. The first-order valence-electron chi connectivity index (χ1n) is 3.73. The van der Waals surface area contributed by atoms with E-state index in [4.69, 9.17) is 11.5 Å². The highest BCUT2D eigenvalue weighted by atomic mass is 32.1. The average molecular weight is 182 g/mol. The van der Waals surface area contributed by atoms with Crippen molar-refractivity contribution in [3.05, 3.63) is 6.07 Å². The molecule has 4 nitrogen and oxygen atoms in total. The van der Waals surface area contributed by atoms with Crippen LogP contribution >= 0.6 is 11.3 Å². The predicted molar refractivity (Wildman–Crippen MR) is 52.1 cm³/mol. The van der Waals surface area contributed by atoms with Crippen LogP contribution in [0.4, 0.5) is 10.9 Å². The third kappa shape index (κ3) is 0.863. The van der Waals surface area contributed by atoms with Crippen molar-refractivity contribution < 1.29 is 0 Å². The molecule has 5 heteroatoms. The van der Waals surface area contributed by atoms with Gasteiger partial charge >= 0.3 is 0 Å². The summed E-state index contributed by atoms with van der Waals surface area (Å²) >= 11 is 1.47. The van der Waals surface area contributed by atoms with E-state index in [2.05, 4.69) is 4.98 Å². The van der Waals surface area contributed by atoms with Crippen molar-refractivity contribution in [1.82, 2.24) is 9.55 Å². The smallest absolute Gasteiger partial charge is 0.182 e. The summed E-state index contributed by atoms with van der Waals surface area (Å²) in [7, 11) is 0. The predicted octanol–water partition coefficient (Wildman–Crippen LogP) is 1.28. The second-order valence-corrected chi connectivity index (χ2v) is 3.62. The van der Waals surface area contributed by atoms with Crippen molar-refractivity contribution in [1.29, 1.82) is 0 Å². The van der Waals surface area contributed by atoms with Gasteiger partial charge in [0.2, 0.25) is 0 Å². The first-order valence-corrected chi connectivity index (χ1v) is 4.55. The molecule has 64 valence electrons. The zero-order valence-electron chi connectivity index (χ0n) is 6.74. The van der Waals surface area contributed by atoms with E-state index < -0.39 is 0 Å². The topological polar surface area (TPSA) is 69.9 Å². The molecule has 0 saturated carbocycles. The van der Waals surface area contributed by atoms with Gasteiger partial charge in [0.15, 0.2) is 10.8 Å². The zero-order chi connectivity index (χ0) is 8.72. The maximum Gasteiger partial charge on any atom is 0.182 e. The highest BCUT2D eigenvalue weighted by molar-refractivity contribution is 7.22. The minimum atomic E-state index is 0.599. The monoisotopic (exact) mass is 182 g/mol. The molecular formula is C7H10N4S. The Bertz CT molecular complexity index is 414. The molecule has 12 heavy (non-hydrogen) atoms. The molecule has 0 aromatic carbocycles. The number of anilines is 2. The van der Waals surface area contributed by atoms with Crippen LogP contribution < -0.4 is 11.5 Å². The number of aromatic nitrogens is 2.